The Morgan fingerprint density at radius 3 is 2.53 bits per heavy atom. The van der Waals surface area contributed by atoms with Crippen LogP contribution in [-0.2, 0) is 14.3 Å². The zero-order valence-corrected chi connectivity index (χ0v) is 11.0. The number of carbonyl (C=O) groups excluding carboxylic acids is 2. The number of halogens is 1. The summed E-state index contributed by atoms with van der Waals surface area (Å²) in [5, 5.41) is 2.46. The van der Waals surface area contributed by atoms with E-state index in [0.29, 0.717) is 6.42 Å². The van der Waals surface area contributed by atoms with Crippen LogP contribution in [0.15, 0.2) is 18.2 Å². The summed E-state index contributed by atoms with van der Waals surface area (Å²) in [4.78, 5) is 23.2. The smallest absolute Gasteiger partial charge is 0.318 e. The van der Waals surface area contributed by atoms with Crippen LogP contribution in [0.2, 0.25) is 0 Å². The molecule has 0 aliphatic rings. The zero-order valence-electron chi connectivity index (χ0n) is 11.0. The highest BCUT2D eigenvalue weighted by Gasteiger charge is 2.25. The van der Waals surface area contributed by atoms with E-state index < -0.39 is 23.6 Å². The van der Waals surface area contributed by atoms with Crippen LogP contribution in [0.5, 0.6) is 5.75 Å². The number of nitrogens with one attached hydrogen (secondary N) is 1. The van der Waals surface area contributed by atoms with Crippen LogP contribution in [0.4, 0.5) is 10.1 Å². The first-order valence-electron chi connectivity index (χ1n) is 5.75. The van der Waals surface area contributed by atoms with Gasteiger partial charge in [0.05, 0.1) is 14.2 Å². The molecular formula is C13H16FNO4. The highest BCUT2D eigenvalue weighted by Crippen LogP contribution is 2.21. The van der Waals surface area contributed by atoms with Crippen LogP contribution in [0, 0.1) is 11.7 Å². The number of amides is 1. The molecule has 1 unspecified atom stereocenters. The van der Waals surface area contributed by atoms with Crippen LogP contribution in [0.3, 0.4) is 0 Å². The molecule has 1 N–H and O–H groups in total. The van der Waals surface area contributed by atoms with E-state index >= 15 is 0 Å². The van der Waals surface area contributed by atoms with Crippen molar-refractivity contribution in [2.24, 2.45) is 5.92 Å². The molecule has 0 spiro atoms. The summed E-state index contributed by atoms with van der Waals surface area (Å²) in [7, 11) is 2.56. The summed E-state index contributed by atoms with van der Waals surface area (Å²) in [6.07, 6.45) is 0.303. The van der Waals surface area contributed by atoms with E-state index in [1.165, 1.54) is 26.4 Å². The molecule has 1 rings (SSSR count). The van der Waals surface area contributed by atoms with Gasteiger partial charge in [0.25, 0.3) is 0 Å². The third-order valence-corrected chi connectivity index (χ3v) is 2.63. The van der Waals surface area contributed by atoms with E-state index in [2.05, 4.69) is 10.1 Å². The summed E-state index contributed by atoms with van der Waals surface area (Å²) >= 11 is 0. The Kier molecular flexibility index (Phi) is 5.29. The molecule has 0 saturated heterocycles. The second-order valence-electron chi connectivity index (χ2n) is 3.82. The molecular weight excluding hydrogens is 253 g/mol. The number of rotatable bonds is 5. The first-order chi connectivity index (χ1) is 9.03. The van der Waals surface area contributed by atoms with Crippen LogP contribution in [0.1, 0.15) is 13.3 Å². The minimum Gasteiger partial charge on any atom is -0.494 e. The van der Waals surface area contributed by atoms with Gasteiger partial charge in [0.15, 0.2) is 11.6 Å². The molecule has 0 saturated carbocycles. The molecule has 5 nitrogen and oxygen atoms in total. The second kappa shape index (κ2) is 6.72. The first kappa shape index (κ1) is 14.9. The lowest BCUT2D eigenvalue weighted by molar-refractivity contribution is -0.148. The fraction of sp³-hybridized carbons (Fsp3) is 0.385. The van der Waals surface area contributed by atoms with E-state index in [9.17, 15) is 14.0 Å². The normalized spacial score (nSPS) is 11.6. The third kappa shape index (κ3) is 3.67. The first-order valence-corrected chi connectivity index (χ1v) is 5.75. The molecule has 104 valence electrons. The summed E-state index contributed by atoms with van der Waals surface area (Å²) < 4.78 is 22.7. The summed E-state index contributed by atoms with van der Waals surface area (Å²) in [5.41, 5.74) is 0.255. The van der Waals surface area contributed by atoms with Gasteiger partial charge in [-0.2, -0.15) is 0 Å². The number of hydrogen-bond donors (Lipinski definition) is 1. The van der Waals surface area contributed by atoms with Crippen molar-refractivity contribution in [2.75, 3.05) is 19.5 Å². The van der Waals surface area contributed by atoms with Gasteiger partial charge in [0.1, 0.15) is 5.92 Å². The molecule has 0 radical (unpaired) electrons. The minimum absolute atomic E-state index is 0.0815. The fourth-order valence-electron chi connectivity index (χ4n) is 1.57. The summed E-state index contributed by atoms with van der Waals surface area (Å²) in [6.45, 7) is 1.69. The average Bonchev–Trinajstić information content (AvgIpc) is 2.39. The average molecular weight is 269 g/mol. The van der Waals surface area contributed by atoms with E-state index in [0.717, 1.165) is 6.07 Å². The van der Waals surface area contributed by atoms with Crippen molar-refractivity contribution in [1.29, 1.82) is 0 Å². The predicted octanol–water partition coefficient (Wildman–Crippen LogP) is 1.97. The monoisotopic (exact) mass is 269 g/mol. The van der Waals surface area contributed by atoms with Crippen molar-refractivity contribution >= 4 is 17.6 Å². The van der Waals surface area contributed by atoms with E-state index in [1.54, 1.807) is 6.92 Å². The van der Waals surface area contributed by atoms with E-state index in [-0.39, 0.29) is 11.4 Å². The molecule has 0 heterocycles. The molecule has 1 aromatic carbocycles. The topological polar surface area (TPSA) is 64.6 Å². The molecule has 0 aliphatic carbocycles. The molecule has 0 fully saturated rings. The Morgan fingerprint density at radius 2 is 2.05 bits per heavy atom. The van der Waals surface area contributed by atoms with Crippen LogP contribution in [0.25, 0.3) is 0 Å². The van der Waals surface area contributed by atoms with Crippen molar-refractivity contribution in [2.45, 2.75) is 13.3 Å². The van der Waals surface area contributed by atoms with Gasteiger partial charge in [-0.25, -0.2) is 4.39 Å². The summed E-state index contributed by atoms with van der Waals surface area (Å²) in [5.74, 6) is -2.56. The maximum atomic E-state index is 13.4. The van der Waals surface area contributed by atoms with Gasteiger partial charge in [-0.3, -0.25) is 9.59 Å². The number of esters is 1. The Bertz CT molecular complexity index is 476. The van der Waals surface area contributed by atoms with Crippen molar-refractivity contribution in [1.82, 2.24) is 0 Å². The van der Waals surface area contributed by atoms with Crippen molar-refractivity contribution in [3.8, 4) is 5.75 Å². The van der Waals surface area contributed by atoms with Gasteiger partial charge in [0, 0.05) is 11.8 Å². The third-order valence-electron chi connectivity index (χ3n) is 2.63. The molecule has 1 aromatic rings. The Labute approximate surface area is 110 Å². The predicted molar refractivity (Wildman–Crippen MR) is 67.4 cm³/mol. The van der Waals surface area contributed by atoms with E-state index in [4.69, 9.17) is 4.74 Å². The van der Waals surface area contributed by atoms with Gasteiger partial charge < -0.3 is 14.8 Å². The number of carbonyl (C=O) groups is 2. The van der Waals surface area contributed by atoms with Gasteiger partial charge in [-0.15, -0.1) is 0 Å². The highest BCUT2D eigenvalue weighted by molar-refractivity contribution is 6.04. The van der Waals surface area contributed by atoms with Gasteiger partial charge >= 0.3 is 5.97 Å². The maximum Gasteiger partial charge on any atom is 0.318 e. The van der Waals surface area contributed by atoms with Crippen molar-refractivity contribution in [3.05, 3.63) is 24.0 Å². The van der Waals surface area contributed by atoms with Gasteiger partial charge in [-0.1, -0.05) is 6.92 Å². The molecule has 1 atom stereocenters. The minimum atomic E-state index is -0.907. The number of methoxy groups -OCH3 is 2. The maximum absolute atomic E-state index is 13.4. The quantitative estimate of drug-likeness (QED) is 0.655. The Morgan fingerprint density at radius 1 is 1.37 bits per heavy atom. The van der Waals surface area contributed by atoms with E-state index in [1.807, 2.05) is 0 Å². The number of hydrogen-bond acceptors (Lipinski definition) is 4. The molecule has 19 heavy (non-hydrogen) atoms. The lowest BCUT2D eigenvalue weighted by atomic mass is 10.1. The molecule has 0 aromatic heterocycles. The number of benzene rings is 1. The Balaban J connectivity index is 2.81. The largest absolute Gasteiger partial charge is 0.494 e. The second-order valence-corrected chi connectivity index (χ2v) is 3.82. The zero-order chi connectivity index (χ0) is 14.4. The van der Waals surface area contributed by atoms with Gasteiger partial charge in [0.2, 0.25) is 5.91 Å². The SMILES string of the molecule is CCC(C(=O)Nc1ccc(OC)c(F)c1)C(=O)OC. The van der Waals surface area contributed by atoms with Crippen molar-refractivity contribution < 1.29 is 23.5 Å². The standard InChI is InChI=1S/C13H16FNO4/c1-4-9(13(17)19-3)12(16)15-8-5-6-11(18-2)10(14)7-8/h5-7,9H,4H2,1-3H3,(H,15,16). The summed E-state index contributed by atoms with van der Waals surface area (Å²) in [6, 6.07) is 4.01. The van der Waals surface area contributed by atoms with Crippen LogP contribution in [-0.4, -0.2) is 26.1 Å². The molecule has 6 heteroatoms. The van der Waals surface area contributed by atoms with Gasteiger partial charge in [-0.05, 0) is 18.6 Å². The molecule has 1 amide bonds. The van der Waals surface area contributed by atoms with Crippen LogP contribution < -0.4 is 10.1 Å². The number of ether oxygens (including phenoxy) is 2. The lowest BCUT2D eigenvalue weighted by Gasteiger charge is -2.13. The lowest BCUT2D eigenvalue weighted by Crippen LogP contribution is -2.30. The highest BCUT2D eigenvalue weighted by atomic mass is 19.1. The Hall–Kier alpha value is -2.11. The van der Waals surface area contributed by atoms with Crippen LogP contribution >= 0.6 is 0 Å². The fourth-order valence-corrected chi connectivity index (χ4v) is 1.57. The molecule has 0 bridgehead atoms. The van der Waals surface area contributed by atoms with Crippen molar-refractivity contribution in [3.63, 3.8) is 0 Å². The number of anilines is 1. The molecule has 0 aliphatic heterocycles.